The Morgan fingerprint density at radius 1 is 0.865 bits per heavy atom. The first-order valence-corrected chi connectivity index (χ1v) is 16.2. The Morgan fingerprint density at radius 3 is 2.54 bits per heavy atom. The summed E-state index contributed by atoms with van der Waals surface area (Å²) >= 11 is 6.10. The summed E-state index contributed by atoms with van der Waals surface area (Å²) < 4.78 is 21.6. The standard InChI is InChI=1S/C36H31ClN8O7/c1-49-31-11-5-9-26(32-20-29(46)25-8-2-3-10-30(25)52-32)33(31)43-36(48)51-17-16-50-35(47)38-14-15-41-45-44-24-12-13-28-27(19-24)34(40-21-39-28)42-23-7-4-6-22(37)18-23/h2-13,18-21H,14-17H2,1H3,(H,38,47)(H,41,44)(H,43,48)(H,39,40,42). The molecule has 0 saturated heterocycles. The topological polar surface area (TPSA) is 191 Å². The zero-order valence-corrected chi connectivity index (χ0v) is 28.3. The van der Waals surface area contributed by atoms with Gasteiger partial charge < -0.3 is 29.3 Å². The van der Waals surface area contributed by atoms with E-state index in [0.29, 0.717) is 38.8 Å². The van der Waals surface area contributed by atoms with Gasteiger partial charge in [0.1, 0.15) is 42.5 Å². The summed E-state index contributed by atoms with van der Waals surface area (Å²) in [6.45, 7) is -0.129. The molecule has 264 valence electrons. The van der Waals surface area contributed by atoms with E-state index < -0.39 is 12.2 Å². The number of nitrogens with zero attached hydrogens (tertiary/aromatic N) is 4. The van der Waals surface area contributed by atoms with Gasteiger partial charge in [0.2, 0.25) is 0 Å². The number of para-hydroxylation sites is 2. The number of methoxy groups -OCH3 is 1. The average Bonchev–Trinajstić information content (AvgIpc) is 3.15. The predicted octanol–water partition coefficient (Wildman–Crippen LogP) is 7.56. The molecule has 15 nitrogen and oxygen atoms in total. The Bertz CT molecular complexity index is 2320. The summed E-state index contributed by atoms with van der Waals surface area (Å²) in [4.78, 5) is 46.1. The molecule has 0 saturated carbocycles. The number of alkyl carbamates (subject to hydrolysis) is 1. The van der Waals surface area contributed by atoms with E-state index in [1.807, 2.05) is 24.3 Å². The molecule has 0 aliphatic rings. The van der Waals surface area contributed by atoms with Gasteiger partial charge in [0, 0.05) is 34.3 Å². The molecule has 4 N–H and O–H groups in total. The highest BCUT2D eigenvalue weighted by atomic mass is 35.5. The summed E-state index contributed by atoms with van der Waals surface area (Å²) in [5, 5.41) is 18.2. The second kappa shape index (κ2) is 16.8. The monoisotopic (exact) mass is 722 g/mol. The van der Waals surface area contributed by atoms with E-state index in [4.69, 9.17) is 30.2 Å². The zero-order valence-electron chi connectivity index (χ0n) is 27.6. The van der Waals surface area contributed by atoms with E-state index in [9.17, 15) is 14.4 Å². The highest BCUT2D eigenvalue weighted by molar-refractivity contribution is 6.30. The molecule has 0 aliphatic heterocycles. The van der Waals surface area contributed by atoms with Gasteiger partial charge in [0.25, 0.3) is 0 Å². The van der Waals surface area contributed by atoms with Gasteiger partial charge in [-0.25, -0.2) is 19.6 Å². The van der Waals surface area contributed by atoms with Gasteiger partial charge >= 0.3 is 12.2 Å². The molecule has 0 radical (unpaired) electrons. The SMILES string of the molecule is COc1cccc(-c2cc(=O)c3ccccc3o2)c1NC(=O)OCCOC(=O)NCCN=NNc1ccc2ncnc(Nc3cccc(Cl)c3)c2c1. The predicted molar refractivity (Wildman–Crippen MR) is 196 cm³/mol. The van der Waals surface area contributed by atoms with Gasteiger partial charge in [0.05, 0.1) is 35.9 Å². The Balaban J connectivity index is 0.931. The van der Waals surface area contributed by atoms with Gasteiger partial charge in [-0.15, -0.1) is 0 Å². The largest absolute Gasteiger partial charge is 0.495 e. The molecule has 6 rings (SSSR count). The van der Waals surface area contributed by atoms with Crippen molar-refractivity contribution in [1.82, 2.24) is 15.3 Å². The fourth-order valence-electron chi connectivity index (χ4n) is 5.01. The van der Waals surface area contributed by atoms with Gasteiger partial charge in [-0.1, -0.05) is 41.1 Å². The average molecular weight is 723 g/mol. The number of anilines is 4. The van der Waals surface area contributed by atoms with E-state index in [2.05, 4.69) is 41.7 Å². The van der Waals surface area contributed by atoms with Crippen LogP contribution in [-0.2, 0) is 9.47 Å². The van der Waals surface area contributed by atoms with Crippen LogP contribution in [0.5, 0.6) is 5.75 Å². The van der Waals surface area contributed by atoms with E-state index in [-0.39, 0.29) is 43.2 Å². The fraction of sp³-hybridized carbons (Fsp3) is 0.139. The van der Waals surface area contributed by atoms with E-state index in [0.717, 1.165) is 16.6 Å². The maximum Gasteiger partial charge on any atom is 0.411 e. The van der Waals surface area contributed by atoms with Crippen molar-refractivity contribution < 1.29 is 28.2 Å². The molecule has 52 heavy (non-hydrogen) atoms. The number of aromatic nitrogens is 2. The first kappa shape index (κ1) is 35.1. The number of hydrogen-bond donors (Lipinski definition) is 4. The van der Waals surface area contributed by atoms with Crippen molar-refractivity contribution in [2.75, 3.05) is 49.5 Å². The number of halogens is 1. The summed E-state index contributed by atoms with van der Waals surface area (Å²) in [6, 6.07) is 25.9. The molecule has 0 aliphatic carbocycles. The Labute approximate surface area is 301 Å². The van der Waals surface area contributed by atoms with Gasteiger partial charge in [-0.3, -0.25) is 15.5 Å². The quantitative estimate of drug-likeness (QED) is 0.0522. The molecule has 2 amide bonds. The smallest absolute Gasteiger partial charge is 0.411 e. The number of rotatable bonds is 13. The molecule has 0 bridgehead atoms. The third-order valence-electron chi connectivity index (χ3n) is 7.38. The lowest BCUT2D eigenvalue weighted by molar-refractivity contribution is 0.102. The molecule has 2 heterocycles. The molecule has 16 heteroatoms. The maximum atomic E-state index is 12.7. The van der Waals surface area contributed by atoms with Gasteiger partial charge in [0.15, 0.2) is 5.43 Å². The van der Waals surface area contributed by atoms with Crippen molar-refractivity contribution in [2.24, 2.45) is 10.3 Å². The molecule has 4 aromatic carbocycles. The number of hydrogen-bond acceptors (Lipinski definition) is 12. The fourth-order valence-corrected chi connectivity index (χ4v) is 5.20. The summed E-state index contributed by atoms with van der Waals surface area (Å²) in [5.41, 5.74) is 5.82. The Morgan fingerprint density at radius 2 is 1.69 bits per heavy atom. The highest BCUT2D eigenvalue weighted by Gasteiger charge is 2.18. The first-order valence-electron chi connectivity index (χ1n) is 15.8. The van der Waals surface area contributed by atoms with Crippen molar-refractivity contribution in [1.29, 1.82) is 0 Å². The van der Waals surface area contributed by atoms with E-state index in [1.165, 1.54) is 19.5 Å². The van der Waals surface area contributed by atoms with Crippen molar-refractivity contribution >= 4 is 68.5 Å². The van der Waals surface area contributed by atoms with Gasteiger partial charge in [-0.2, -0.15) is 5.11 Å². The third kappa shape index (κ3) is 8.88. The number of amides is 2. The lowest BCUT2D eigenvalue weighted by atomic mass is 10.1. The zero-order chi connectivity index (χ0) is 36.3. The van der Waals surface area contributed by atoms with Crippen LogP contribution in [0, 0.1) is 0 Å². The van der Waals surface area contributed by atoms with Crippen molar-refractivity contribution in [3.05, 3.63) is 113 Å². The van der Waals surface area contributed by atoms with Crippen molar-refractivity contribution in [2.45, 2.75) is 0 Å². The normalized spacial score (nSPS) is 11.0. The van der Waals surface area contributed by atoms with E-state index >= 15 is 0 Å². The first-order chi connectivity index (χ1) is 25.4. The third-order valence-corrected chi connectivity index (χ3v) is 7.61. The molecule has 0 spiro atoms. The maximum absolute atomic E-state index is 12.7. The molecule has 0 unspecified atom stereocenters. The van der Waals surface area contributed by atoms with Crippen LogP contribution >= 0.6 is 11.6 Å². The molecular weight excluding hydrogens is 692 g/mol. The number of benzene rings is 4. The van der Waals surface area contributed by atoms with Crippen LogP contribution < -0.4 is 31.5 Å². The van der Waals surface area contributed by atoms with Crippen molar-refractivity contribution in [3.63, 3.8) is 0 Å². The number of nitrogens with one attached hydrogen (secondary N) is 4. The minimum Gasteiger partial charge on any atom is -0.495 e. The minimum atomic E-state index is -0.835. The number of ether oxygens (including phenoxy) is 3. The minimum absolute atomic E-state index is 0.145. The van der Waals surface area contributed by atoms with Crippen LogP contribution in [0.1, 0.15) is 0 Å². The number of carbonyl (C=O) groups is 2. The summed E-state index contributed by atoms with van der Waals surface area (Å²) in [5.74, 6) is 1.14. The van der Waals surface area contributed by atoms with Crippen LogP contribution in [0.2, 0.25) is 5.02 Å². The van der Waals surface area contributed by atoms with Gasteiger partial charge in [-0.05, 0) is 60.7 Å². The Hall–Kier alpha value is -6.74. The second-order valence-corrected chi connectivity index (χ2v) is 11.3. The van der Waals surface area contributed by atoms with Crippen LogP contribution in [0.15, 0.2) is 117 Å². The van der Waals surface area contributed by atoms with Crippen LogP contribution in [0.3, 0.4) is 0 Å². The highest BCUT2D eigenvalue weighted by Crippen LogP contribution is 2.36. The molecule has 0 fully saturated rings. The molecule has 0 atom stereocenters. The van der Waals surface area contributed by atoms with Crippen molar-refractivity contribution in [3.8, 4) is 17.1 Å². The molecule has 6 aromatic rings. The summed E-state index contributed by atoms with van der Waals surface area (Å²) in [6.07, 6.45) is -0.0854. The van der Waals surface area contributed by atoms with Crippen LogP contribution in [-0.4, -0.2) is 55.6 Å². The number of fused-ring (bicyclic) bond motifs is 2. The lowest BCUT2D eigenvalue weighted by Gasteiger charge is -2.15. The Kier molecular flexibility index (Phi) is 11.3. The molecular formula is C36H31ClN8O7. The molecule has 2 aromatic heterocycles. The number of carbonyl (C=O) groups excluding carboxylic acids is 2. The van der Waals surface area contributed by atoms with Crippen LogP contribution in [0.4, 0.5) is 32.5 Å². The summed E-state index contributed by atoms with van der Waals surface area (Å²) in [7, 11) is 1.44. The lowest BCUT2D eigenvalue weighted by Crippen LogP contribution is -2.28. The van der Waals surface area contributed by atoms with E-state index in [1.54, 1.807) is 60.7 Å². The second-order valence-electron chi connectivity index (χ2n) is 10.8. The van der Waals surface area contributed by atoms with Crippen LogP contribution in [0.25, 0.3) is 33.2 Å².